The molecule has 0 spiro atoms. The van der Waals surface area contributed by atoms with Gasteiger partial charge in [0.2, 0.25) is 5.91 Å². The van der Waals surface area contributed by atoms with E-state index in [1.165, 1.54) is 0 Å². The number of nitrogens with one attached hydrogen (secondary N) is 2. The average molecular weight is 246 g/mol. The highest BCUT2D eigenvalue weighted by atomic mass is 79.9. The lowest BCUT2D eigenvalue weighted by molar-refractivity contribution is -0.120. The summed E-state index contributed by atoms with van der Waals surface area (Å²) in [5, 5.41) is 9.34. The topological polar surface area (TPSA) is 57.8 Å². The van der Waals surface area contributed by atoms with Gasteiger partial charge in [-0.1, -0.05) is 15.9 Å². The standard InChI is InChI=1S/C8H12BrN3O/c1-5(9)8(13)12-6(2)7-3-10-11-4-7/h3-6H,1-2H3,(H,10,11)(H,12,13). The number of hydrogen-bond donors (Lipinski definition) is 2. The number of carbonyl (C=O) groups is 1. The Morgan fingerprint density at radius 2 is 2.38 bits per heavy atom. The molecule has 1 aromatic heterocycles. The van der Waals surface area contributed by atoms with E-state index in [0.29, 0.717) is 0 Å². The molecule has 2 unspecified atom stereocenters. The van der Waals surface area contributed by atoms with Gasteiger partial charge < -0.3 is 5.32 Å². The lowest BCUT2D eigenvalue weighted by Gasteiger charge is -2.12. The zero-order chi connectivity index (χ0) is 9.84. The molecule has 1 amide bonds. The van der Waals surface area contributed by atoms with Crippen LogP contribution in [0, 0.1) is 0 Å². The molecule has 0 aliphatic heterocycles. The monoisotopic (exact) mass is 245 g/mol. The van der Waals surface area contributed by atoms with E-state index in [4.69, 9.17) is 0 Å². The molecule has 0 fully saturated rings. The molecular formula is C8H12BrN3O. The van der Waals surface area contributed by atoms with Crippen LogP contribution in [0.5, 0.6) is 0 Å². The van der Waals surface area contributed by atoms with Crippen molar-refractivity contribution < 1.29 is 4.79 Å². The molecular weight excluding hydrogens is 234 g/mol. The van der Waals surface area contributed by atoms with E-state index in [-0.39, 0.29) is 16.8 Å². The summed E-state index contributed by atoms with van der Waals surface area (Å²) in [6.07, 6.45) is 3.47. The van der Waals surface area contributed by atoms with E-state index in [1.807, 2.05) is 6.92 Å². The Bertz CT molecular complexity index is 271. The molecule has 0 radical (unpaired) electrons. The van der Waals surface area contributed by atoms with Gasteiger partial charge in [-0.3, -0.25) is 9.89 Å². The lowest BCUT2D eigenvalue weighted by atomic mass is 10.2. The lowest BCUT2D eigenvalue weighted by Crippen LogP contribution is -2.31. The number of nitrogens with zero attached hydrogens (tertiary/aromatic N) is 1. The van der Waals surface area contributed by atoms with Gasteiger partial charge in [0, 0.05) is 11.8 Å². The van der Waals surface area contributed by atoms with Crippen LogP contribution in [-0.2, 0) is 4.79 Å². The van der Waals surface area contributed by atoms with E-state index in [9.17, 15) is 4.79 Å². The second-order valence-electron chi connectivity index (χ2n) is 2.88. The molecule has 1 heterocycles. The van der Waals surface area contributed by atoms with Crippen LogP contribution in [0.2, 0.25) is 0 Å². The highest BCUT2D eigenvalue weighted by Crippen LogP contribution is 2.10. The van der Waals surface area contributed by atoms with Gasteiger partial charge in [0.1, 0.15) is 0 Å². The van der Waals surface area contributed by atoms with Crippen molar-refractivity contribution in [1.29, 1.82) is 0 Å². The molecule has 0 aliphatic carbocycles. The van der Waals surface area contributed by atoms with Crippen molar-refractivity contribution in [3.63, 3.8) is 0 Å². The molecule has 2 N–H and O–H groups in total. The van der Waals surface area contributed by atoms with Crippen LogP contribution in [0.25, 0.3) is 0 Å². The number of rotatable bonds is 3. The van der Waals surface area contributed by atoms with Gasteiger partial charge in [0.05, 0.1) is 17.1 Å². The SMILES string of the molecule is CC(Br)C(=O)NC(C)c1cn[nH]c1. The van der Waals surface area contributed by atoms with Crippen LogP contribution in [0.1, 0.15) is 25.5 Å². The van der Waals surface area contributed by atoms with Gasteiger partial charge in [-0.15, -0.1) is 0 Å². The quantitative estimate of drug-likeness (QED) is 0.791. The summed E-state index contributed by atoms with van der Waals surface area (Å²) in [5.41, 5.74) is 0.974. The number of aromatic amines is 1. The first-order valence-corrected chi connectivity index (χ1v) is 4.96. The smallest absolute Gasteiger partial charge is 0.233 e. The van der Waals surface area contributed by atoms with E-state index >= 15 is 0 Å². The maximum atomic E-state index is 11.3. The fourth-order valence-corrected chi connectivity index (χ4v) is 1.04. The normalized spacial score (nSPS) is 15.0. The molecule has 5 heteroatoms. The maximum absolute atomic E-state index is 11.3. The summed E-state index contributed by atoms with van der Waals surface area (Å²) < 4.78 is 0. The highest BCUT2D eigenvalue weighted by Gasteiger charge is 2.13. The molecule has 0 aliphatic rings. The summed E-state index contributed by atoms with van der Waals surface area (Å²) in [6.45, 7) is 3.70. The summed E-state index contributed by atoms with van der Waals surface area (Å²) in [6, 6.07) is -0.00810. The number of amides is 1. The van der Waals surface area contributed by atoms with Crippen molar-refractivity contribution in [2.24, 2.45) is 0 Å². The zero-order valence-electron chi connectivity index (χ0n) is 7.54. The molecule has 0 saturated heterocycles. The van der Waals surface area contributed by atoms with Gasteiger partial charge >= 0.3 is 0 Å². The second kappa shape index (κ2) is 4.41. The van der Waals surface area contributed by atoms with E-state index in [2.05, 4.69) is 31.4 Å². The zero-order valence-corrected chi connectivity index (χ0v) is 9.13. The van der Waals surface area contributed by atoms with Crippen LogP contribution >= 0.6 is 15.9 Å². The third-order valence-corrected chi connectivity index (χ3v) is 2.16. The van der Waals surface area contributed by atoms with Crippen LogP contribution in [-0.4, -0.2) is 20.9 Å². The number of halogens is 1. The molecule has 2 atom stereocenters. The Morgan fingerprint density at radius 3 is 2.85 bits per heavy atom. The minimum atomic E-state index is -0.165. The van der Waals surface area contributed by atoms with Crippen LogP contribution in [0.4, 0.5) is 0 Å². The maximum Gasteiger partial charge on any atom is 0.233 e. The molecule has 1 aromatic rings. The van der Waals surface area contributed by atoms with E-state index in [1.54, 1.807) is 19.3 Å². The van der Waals surface area contributed by atoms with Crippen molar-refractivity contribution in [3.05, 3.63) is 18.0 Å². The van der Waals surface area contributed by atoms with Crippen molar-refractivity contribution in [2.45, 2.75) is 24.7 Å². The fourth-order valence-electron chi connectivity index (χ4n) is 0.909. The van der Waals surface area contributed by atoms with Crippen molar-refractivity contribution in [3.8, 4) is 0 Å². The third-order valence-electron chi connectivity index (χ3n) is 1.74. The number of hydrogen-bond acceptors (Lipinski definition) is 2. The Kier molecular flexibility index (Phi) is 3.48. The van der Waals surface area contributed by atoms with Gasteiger partial charge in [0.15, 0.2) is 0 Å². The first kappa shape index (κ1) is 10.2. The van der Waals surface area contributed by atoms with Crippen molar-refractivity contribution in [2.75, 3.05) is 0 Å². The van der Waals surface area contributed by atoms with Crippen LogP contribution in [0.3, 0.4) is 0 Å². The number of alkyl halides is 1. The van der Waals surface area contributed by atoms with Crippen molar-refractivity contribution >= 4 is 21.8 Å². The van der Waals surface area contributed by atoms with Gasteiger partial charge in [-0.2, -0.15) is 5.10 Å². The number of carbonyl (C=O) groups excluding carboxylic acids is 1. The number of H-pyrrole nitrogens is 1. The first-order chi connectivity index (χ1) is 6.11. The van der Waals surface area contributed by atoms with Crippen molar-refractivity contribution in [1.82, 2.24) is 15.5 Å². The molecule has 1 rings (SSSR count). The predicted octanol–water partition coefficient (Wildman–Crippen LogP) is 1.37. The Labute approximate surface area is 85.2 Å². The Hall–Kier alpha value is -0.840. The molecule has 4 nitrogen and oxygen atoms in total. The summed E-state index contributed by atoms with van der Waals surface area (Å²) in [5.74, 6) is -0.0197. The third kappa shape index (κ3) is 2.84. The first-order valence-electron chi connectivity index (χ1n) is 4.04. The molecule has 0 bridgehead atoms. The average Bonchev–Trinajstić information content (AvgIpc) is 2.55. The van der Waals surface area contributed by atoms with Crippen LogP contribution < -0.4 is 5.32 Å². The Morgan fingerprint density at radius 1 is 1.69 bits per heavy atom. The molecule has 72 valence electrons. The van der Waals surface area contributed by atoms with Gasteiger partial charge in [-0.25, -0.2) is 0 Å². The van der Waals surface area contributed by atoms with Gasteiger partial charge in [-0.05, 0) is 13.8 Å². The minimum Gasteiger partial charge on any atom is -0.349 e. The summed E-state index contributed by atoms with van der Waals surface area (Å²) in [4.78, 5) is 11.1. The predicted molar refractivity (Wildman–Crippen MR) is 53.5 cm³/mol. The highest BCUT2D eigenvalue weighted by molar-refractivity contribution is 9.10. The fraction of sp³-hybridized carbons (Fsp3) is 0.500. The largest absolute Gasteiger partial charge is 0.349 e. The van der Waals surface area contributed by atoms with Gasteiger partial charge in [0.25, 0.3) is 0 Å². The second-order valence-corrected chi connectivity index (χ2v) is 4.25. The van der Waals surface area contributed by atoms with E-state index < -0.39 is 0 Å². The minimum absolute atomic E-state index is 0.00810. The summed E-state index contributed by atoms with van der Waals surface area (Å²) in [7, 11) is 0. The van der Waals surface area contributed by atoms with Crippen LogP contribution in [0.15, 0.2) is 12.4 Å². The molecule has 0 aromatic carbocycles. The Balaban J connectivity index is 2.51. The molecule has 0 saturated carbocycles. The summed E-state index contributed by atoms with van der Waals surface area (Å²) >= 11 is 3.20. The molecule has 13 heavy (non-hydrogen) atoms. The number of aromatic nitrogens is 2. The van der Waals surface area contributed by atoms with E-state index in [0.717, 1.165) is 5.56 Å².